The van der Waals surface area contributed by atoms with Gasteiger partial charge in [-0.1, -0.05) is 15.9 Å². The minimum Gasteiger partial charge on any atom is -0.503 e. The van der Waals surface area contributed by atoms with E-state index in [4.69, 9.17) is 0 Å². The molecule has 88 valence electrons. The van der Waals surface area contributed by atoms with Crippen LogP contribution in [-0.2, 0) is 5.33 Å². The molecule has 1 rings (SSSR count). The zero-order chi connectivity index (χ0) is 12.3. The number of aromatic hydroxyl groups is 1. The third kappa shape index (κ3) is 2.84. The SMILES string of the molecule is O=Cc1ncc(CBr)c(OC(F)(F)F)c1O. The van der Waals surface area contributed by atoms with E-state index < -0.39 is 23.6 Å². The van der Waals surface area contributed by atoms with Gasteiger partial charge in [0.2, 0.25) is 0 Å². The summed E-state index contributed by atoms with van der Waals surface area (Å²) in [6, 6.07) is 0. The molecule has 4 nitrogen and oxygen atoms in total. The summed E-state index contributed by atoms with van der Waals surface area (Å²) in [4.78, 5) is 13.8. The molecular formula is C8H5BrF3NO3. The van der Waals surface area contributed by atoms with Crippen molar-refractivity contribution in [1.29, 1.82) is 0 Å². The molecule has 0 atom stereocenters. The van der Waals surface area contributed by atoms with E-state index in [0.717, 1.165) is 6.20 Å². The molecule has 0 radical (unpaired) electrons. The Morgan fingerprint density at radius 2 is 2.19 bits per heavy atom. The lowest BCUT2D eigenvalue weighted by molar-refractivity contribution is -0.275. The maximum Gasteiger partial charge on any atom is 0.573 e. The molecule has 1 heterocycles. The molecule has 0 aliphatic rings. The lowest BCUT2D eigenvalue weighted by Crippen LogP contribution is -2.18. The standard InChI is InChI=1S/C8H5BrF3NO3/c9-1-4-2-13-5(3-14)6(15)7(4)16-8(10,11)12/h2-3,15H,1H2. The molecule has 0 aliphatic heterocycles. The average molecular weight is 300 g/mol. The van der Waals surface area contributed by atoms with Gasteiger partial charge in [-0.25, -0.2) is 4.98 Å². The number of carbonyl (C=O) groups is 1. The van der Waals surface area contributed by atoms with Gasteiger partial charge in [-0.3, -0.25) is 4.79 Å². The fourth-order valence-corrected chi connectivity index (χ4v) is 1.35. The van der Waals surface area contributed by atoms with Gasteiger partial charge in [0, 0.05) is 17.1 Å². The lowest BCUT2D eigenvalue weighted by atomic mass is 10.2. The van der Waals surface area contributed by atoms with Crippen LogP contribution < -0.4 is 4.74 Å². The molecule has 0 fully saturated rings. The molecule has 16 heavy (non-hydrogen) atoms. The topological polar surface area (TPSA) is 59.4 Å². The van der Waals surface area contributed by atoms with Crippen molar-refractivity contribution in [3.63, 3.8) is 0 Å². The fraction of sp³-hybridized carbons (Fsp3) is 0.250. The first-order chi connectivity index (χ1) is 7.39. The molecule has 0 unspecified atom stereocenters. The first-order valence-corrected chi connectivity index (χ1v) is 4.99. The van der Waals surface area contributed by atoms with Crippen molar-refractivity contribution in [2.75, 3.05) is 0 Å². The summed E-state index contributed by atoms with van der Waals surface area (Å²) in [5.74, 6) is -1.74. The van der Waals surface area contributed by atoms with Gasteiger partial charge in [-0.05, 0) is 0 Å². The summed E-state index contributed by atoms with van der Waals surface area (Å²) in [5, 5.41) is 9.32. The second-order valence-electron chi connectivity index (χ2n) is 2.65. The van der Waals surface area contributed by atoms with Gasteiger partial charge in [-0.15, -0.1) is 13.2 Å². The van der Waals surface area contributed by atoms with Crippen molar-refractivity contribution < 1.29 is 27.8 Å². The number of aromatic nitrogens is 1. The Hall–Kier alpha value is -1.31. The highest BCUT2D eigenvalue weighted by molar-refractivity contribution is 9.08. The molecule has 0 saturated carbocycles. The van der Waals surface area contributed by atoms with E-state index in [1.165, 1.54) is 0 Å². The van der Waals surface area contributed by atoms with E-state index in [-0.39, 0.29) is 17.2 Å². The van der Waals surface area contributed by atoms with E-state index in [9.17, 15) is 23.1 Å². The first-order valence-electron chi connectivity index (χ1n) is 3.86. The quantitative estimate of drug-likeness (QED) is 0.688. The molecule has 0 spiro atoms. The first kappa shape index (κ1) is 12.8. The van der Waals surface area contributed by atoms with Crippen LogP contribution in [0.5, 0.6) is 11.5 Å². The van der Waals surface area contributed by atoms with Crippen molar-refractivity contribution in [1.82, 2.24) is 4.98 Å². The number of halogens is 4. The van der Waals surface area contributed by atoms with E-state index in [2.05, 4.69) is 25.7 Å². The van der Waals surface area contributed by atoms with Gasteiger partial charge in [0.1, 0.15) is 5.69 Å². The van der Waals surface area contributed by atoms with E-state index in [0.29, 0.717) is 0 Å². The molecule has 1 aromatic heterocycles. The second kappa shape index (κ2) is 4.69. The molecule has 0 bridgehead atoms. The zero-order valence-corrected chi connectivity index (χ0v) is 9.17. The molecule has 1 aromatic rings. The fourth-order valence-electron chi connectivity index (χ4n) is 0.947. The Morgan fingerprint density at radius 1 is 1.56 bits per heavy atom. The van der Waals surface area contributed by atoms with Gasteiger partial charge < -0.3 is 9.84 Å². The van der Waals surface area contributed by atoms with Gasteiger partial charge >= 0.3 is 6.36 Å². The lowest BCUT2D eigenvalue weighted by Gasteiger charge is -2.13. The summed E-state index contributed by atoms with van der Waals surface area (Å²) in [7, 11) is 0. The van der Waals surface area contributed by atoms with Crippen LogP contribution in [0.15, 0.2) is 6.20 Å². The van der Waals surface area contributed by atoms with Crippen molar-refractivity contribution >= 4 is 22.2 Å². The van der Waals surface area contributed by atoms with Crippen molar-refractivity contribution in [3.05, 3.63) is 17.5 Å². The van der Waals surface area contributed by atoms with E-state index >= 15 is 0 Å². The number of ether oxygens (including phenoxy) is 1. The van der Waals surface area contributed by atoms with Crippen LogP contribution in [0.1, 0.15) is 16.1 Å². The van der Waals surface area contributed by atoms with Gasteiger partial charge in [0.15, 0.2) is 17.8 Å². The van der Waals surface area contributed by atoms with Crippen molar-refractivity contribution in [3.8, 4) is 11.5 Å². The van der Waals surface area contributed by atoms with Crippen LogP contribution in [-0.4, -0.2) is 22.7 Å². The molecule has 0 aromatic carbocycles. The van der Waals surface area contributed by atoms with Crippen molar-refractivity contribution in [2.45, 2.75) is 11.7 Å². The average Bonchev–Trinajstić information content (AvgIpc) is 2.19. The third-order valence-corrected chi connectivity index (χ3v) is 2.19. The van der Waals surface area contributed by atoms with Crippen LogP contribution in [0.25, 0.3) is 0 Å². The summed E-state index contributed by atoms with van der Waals surface area (Å²) in [6.07, 6.45) is -3.80. The number of hydrogen-bond acceptors (Lipinski definition) is 4. The normalized spacial score (nSPS) is 11.2. The highest BCUT2D eigenvalue weighted by Gasteiger charge is 2.34. The summed E-state index contributed by atoms with van der Waals surface area (Å²) < 4.78 is 39.7. The Balaban J connectivity index is 3.26. The number of carbonyl (C=O) groups excluding carboxylic acids is 1. The summed E-state index contributed by atoms with van der Waals surface area (Å²) in [5.41, 5.74) is -0.524. The van der Waals surface area contributed by atoms with Crippen LogP contribution in [0.2, 0.25) is 0 Å². The molecule has 0 amide bonds. The summed E-state index contributed by atoms with van der Waals surface area (Å²) in [6.45, 7) is 0. The smallest absolute Gasteiger partial charge is 0.503 e. The predicted octanol–water partition coefficient (Wildman–Crippen LogP) is 2.39. The predicted molar refractivity (Wildman–Crippen MR) is 50.6 cm³/mol. The van der Waals surface area contributed by atoms with Crippen LogP contribution in [0, 0.1) is 0 Å². The van der Waals surface area contributed by atoms with Crippen LogP contribution in [0.3, 0.4) is 0 Å². The Bertz CT molecular complexity index is 408. The maximum absolute atomic E-state index is 12.0. The minimum atomic E-state index is -4.95. The monoisotopic (exact) mass is 299 g/mol. The van der Waals surface area contributed by atoms with Gasteiger partial charge in [0.25, 0.3) is 0 Å². The number of pyridine rings is 1. The minimum absolute atomic E-state index is 0.00187. The van der Waals surface area contributed by atoms with Crippen LogP contribution in [0.4, 0.5) is 13.2 Å². The zero-order valence-electron chi connectivity index (χ0n) is 7.58. The highest BCUT2D eigenvalue weighted by Crippen LogP contribution is 2.36. The number of rotatable bonds is 3. The van der Waals surface area contributed by atoms with E-state index in [1.807, 2.05) is 0 Å². The third-order valence-electron chi connectivity index (χ3n) is 1.58. The Morgan fingerprint density at radius 3 is 2.62 bits per heavy atom. The molecule has 1 N–H and O–H groups in total. The largest absolute Gasteiger partial charge is 0.573 e. The number of nitrogens with zero attached hydrogens (tertiary/aromatic N) is 1. The van der Waals surface area contributed by atoms with Crippen LogP contribution >= 0.6 is 15.9 Å². The van der Waals surface area contributed by atoms with Crippen molar-refractivity contribution in [2.24, 2.45) is 0 Å². The van der Waals surface area contributed by atoms with Gasteiger partial charge in [-0.2, -0.15) is 0 Å². The maximum atomic E-state index is 12.0. The summed E-state index contributed by atoms with van der Waals surface area (Å²) >= 11 is 2.91. The molecular weight excluding hydrogens is 295 g/mol. The van der Waals surface area contributed by atoms with Gasteiger partial charge in [0.05, 0.1) is 0 Å². The number of alkyl halides is 4. The molecule has 0 saturated heterocycles. The molecule has 0 aliphatic carbocycles. The number of aldehydes is 1. The Kier molecular flexibility index (Phi) is 3.74. The van der Waals surface area contributed by atoms with E-state index in [1.54, 1.807) is 0 Å². The second-order valence-corrected chi connectivity index (χ2v) is 3.21. The highest BCUT2D eigenvalue weighted by atomic mass is 79.9. The molecule has 8 heteroatoms. The Labute approximate surface area is 96.2 Å². The number of hydrogen-bond donors (Lipinski definition) is 1.